The van der Waals surface area contributed by atoms with Crippen molar-refractivity contribution in [1.82, 2.24) is 10.2 Å². The summed E-state index contributed by atoms with van der Waals surface area (Å²) in [5.41, 5.74) is 0. The quantitative estimate of drug-likeness (QED) is 0.541. The summed E-state index contributed by atoms with van der Waals surface area (Å²) in [7, 11) is 1.77. The Balaban J connectivity index is 1.87. The third-order valence-corrected chi connectivity index (χ3v) is 3.56. The van der Waals surface area contributed by atoms with E-state index in [9.17, 15) is 9.59 Å². The number of hydrogen-bond acceptors (Lipinski definition) is 3. The van der Waals surface area contributed by atoms with Crippen LogP contribution in [0.5, 0.6) is 0 Å². The first-order valence-electron chi connectivity index (χ1n) is 7.88. The van der Waals surface area contributed by atoms with Gasteiger partial charge in [0.1, 0.15) is 0 Å². The first-order chi connectivity index (χ1) is 10.1. The minimum atomic E-state index is -0.742. The molecular formula is C15H28N2O4. The number of ether oxygens (including phenoxy) is 1. The highest BCUT2D eigenvalue weighted by Gasteiger charge is 2.21. The Hall–Kier alpha value is -1.30. The predicted molar refractivity (Wildman–Crippen MR) is 80.3 cm³/mol. The van der Waals surface area contributed by atoms with Gasteiger partial charge in [0.2, 0.25) is 0 Å². The van der Waals surface area contributed by atoms with E-state index in [2.05, 4.69) is 5.32 Å². The summed E-state index contributed by atoms with van der Waals surface area (Å²) in [6.07, 6.45) is 6.23. The number of unbranched alkanes of at least 4 members (excludes halogenated alkanes) is 3. The molecule has 0 aromatic rings. The summed E-state index contributed by atoms with van der Waals surface area (Å²) in [4.78, 5) is 23.7. The second-order valence-corrected chi connectivity index (χ2v) is 5.73. The van der Waals surface area contributed by atoms with Gasteiger partial charge in [-0.2, -0.15) is 0 Å². The van der Waals surface area contributed by atoms with Gasteiger partial charge in [-0.1, -0.05) is 12.8 Å². The molecule has 0 heterocycles. The molecule has 1 rings (SSSR count). The van der Waals surface area contributed by atoms with Gasteiger partial charge < -0.3 is 20.1 Å². The summed E-state index contributed by atoms with van der Waals surface area (Å²) >= 11 is 0. The normalized spacial score (nSPS) is 14.0. The number of carbonyl (C=O) groups is 2. The molecule has 0 saturated heterocycles. The van der Waals surface area contributed by atoms with Crippen LogP contribution in [0.25, 0.3) is 0 Å². The van der Waals surface area contributed by atoms with E-state index in [1.165, 1.54) is 12.8 Å². The minimum absolute atomic E-state index is 0.0736. The molecule has 0 aromatic heterocycles. The van der Waals surface area contributed by atoms with Crippen molar-refractivity contribution in [3.8, 4) is 0 Å². The number of hydrogen-bond donors (Lipinski definition) is 2. The fourth-order valence-electron chi connectivity index (χ4n) is 1.92. The number of urea groups is 1. The number of rotatable bonds is 12. The lowest BCUT2D eigenvalue weighted by atomic mass is 10.1. The van der Waals surface area contributed by atoms with Crippen molar-refractivity contribution in [2.45, 2.75) is 44.9 Å². The topological polar surface area (TPSA) is 78.9 Å². The molecule has 122 valence electrons. The van der Waals surface area contributed by atoms with Crippen LogP contribution in [0.15, 0.2) is 0 Å². The summed E-state index contributed by atoms with van der Waals surface area (Å²) in [6, 6.07) is -0.0736. The van der Waals surface area contributed by atoms with Crippen molar-refractivity contribution in [3.63, 3.8) is 0 Å². The number of carboxylic acids is 1. The molecular weight excluding hydrogens is 272 g/mol. The van der Waals surface area contributed by atoms with Gasteiger partial charge >= 0.3 is 12.0 Å². The number of nitrogens with zero attached hydrogens (tertiary/aromatic N) is 1. The van der Waals surface area contributed by atoms with E-state index in [1.807, 2.05) is 0 Å². The van der Waals surface area contributed by atoms with E-state index in [-0.39, 0.29) is 12.5 Å². The van der Waals surface area contributed by atoms with E-state index in [0.717, 1.165) is 31.8 Å². The zero-order valence-corrected chi connectivity index (χ0v) is 13.0. The van der Waals surface area contributed by atoms with Crippen molar-refractivity contribution in [3.05, 3.63) is 0 Å². The van der Waals surface area contributed by atoms with Crippen molar-refractivity contribution >= 4 is 12.0 Å². The standard InChI is InChI=1S/C15H28N2O4/c1-17(10-11-21-12-13-7-8-13)15(20)16-9-5-3-2-4-6-14(18)19/h13H,2-12H2,1H3,(H,16,20)(H,18,19). The first kappa shape index (κ1) is 17.8. The molecule has 0 aromatic carbocycles. The Labute approximate surface area is 126 Å². The molecule has 0 unspecified atom stereocenters. The van der Waals surface area contributed by atoms with Crippen LogP contribution in [-0.2, 0) is 9.53 Å². The Kier molecular flexibility index (Phi) is 8.82. The Bertz CT molecular complexity index is 319. The van der Waals surface area contributed by atoms with E-state index < -0.39 is 5.97 Å². The summed E-state index contributed by atoms with van der Waals surface area (Å²) in [6.45, 7) is 2.66. The molecule has 1 fully saturated rings. The van der Waals surface area contributed by atoms with Crippen LogP contribution < -0.4 is 5.32 Å². The van der Waals surface area contributed by atoms with Gasteiger partial charge in [0.15, 0.2) is 0 Å². The Morgan fingerprint density at radius 1 is 1.24 bits per heavy atom. The van der Waals surface area contributed by atoms with Gasteiger partial charge in [0.25, 0.3) is 0 Å². The molecule has 1 aliphatic rings. The van der Waals surface area contributed by atoms with Gasteiger partial charge in [0.05, 0.1) is 6.61 Å². The van der Waals surface area contributed by atoms with E-state index in [1.54, 1.807) is 11.9 Å². The van der Waals surface area contributed by atoms with Gasteiger partial charge in [-0.25, -0.2) is 4.79 Å². The maximum atomic E-state index is 11.7. The van der Waals surface area contributed by atoms with Crippen LogP contribution in [0, 0.1) is 5.92 Å². The second-order valence-electron chi connectivity index (χ2n) is 5.73. The molecule has 0 bridgehead atoms. The highest BCUT2D eigenvalue weighted by Crippen LogP contribution is 2.28. The van der Waals surface area contributed by atoms with Crippen molar-refractivity contribution in [2.75, 3.05) is 33.4 Å². The zero-order valence-electron chi connectivity index (χ0n) is 13.0. The second kappa shape index (κ2) is 10.4. The fourth-order valence-corrected chi connectivity index (χ4v) is 1.92. The molecule has 1 aliphatic carbocycles. The largest absolute Gasteiger partial charge is 0.481 e. The lowest BCUT2D eigenvalue weighted by Crippen LogP contribution is -2.39. The zero-order chi connectivity index (χ0) is 15.5. The van der Waals surface area contributed by atoms with Gasteiger partial charge in [-0.05, 0) is 31.6 Å². The van der Waals surface area contributed by atoms with Crippen LogP contribution in [0.4, 0.5) is 4.79 Å². The number of amides is 2. The molecule has 6 heteroatoms. The Morgan fingerprint density at radius 3 is 2.62 bits per heavy atom. The molecule has 2 N–H and O–H groups in total. The third-order valence-electron chi connectivity index (χ3n) is 3.56. The summed E-state index contributed by atoms with van der Waals surface area (Å²) in [5.74, 6) is 0.0130. The third kappa shape index (κ3) is 10.1. The molecule has 0 atom stereocenters. The average molecular weight is 300 g/mol. The summed E-state index contributed by atoms with van der Waals surface area (Å²) in [5, 5.41) is 11.4. The molecule has 0 aliphatic heterocycles. The number of aliphatic carboxylic acids is 1. The maximum absolute atomic E-state index is 11.7. The fraction of sp³-hybridized carbons (Fsp3) is 0.867. The minimum Gasteiger partial charge on any atom is -0.481 e. The predicted octanol–water partition coefficient (Wildman–Crippen LogP) is 2.09. The van der Waals surface area contributed by atoms with Crippen LogP contribution in [0.3, 0.4) is 0 Å². The van der Waals surface area contributed by atoms with Crippen molar-refractivity contribution < 1.29 is 19.4 Å². The van der Waals surface area contributed by atoms with Crippen LogP contribution in [-0.4, -0.2) is 55.4 Å². The monoisotopic (exact) mass is 300 g/mol. The van der Waals surface area contributed by atoms with Gasteiger partial charge in [-0.3, -0.25) is 4.79 Å². The molecule has 2 amide bonds. The van der Waals surface area contributed by atoms with Crippen LogP contribution in [0.1, 0.15) is 44.9 Å². The lowest BCUT2D eigenvalue weighted by Gasteiger charge is -2.17. The number of carbonyl (C=O) groups excluding carboxylic acids is 1. The SMILES string of the molecule is CN(CCOCC1CC1)C(=O)NCCCCCCC(=O)O. The van der Waals surface area contributed by atoms with E-state index in [4.69, 9.17) is 9.84 Å². The smallest absolute Gasteiger partial charge is 0.317 e. The molecule has 21 heavy (non-hydrogen) atoms. The van der Waals surface area contributed by atoms with Gasteiger partial charge in [-0.15, -0.1) is 0 Å². The van der Waals surface area contributed by atoms with Crippen molar-refractivity contribution in [1.29, 1.82) is 0 Å². The molecule has 1 saturated carbocycles. The highest BCUT2D eigenvalue weighted by atomic mass is 16.5. The number of carboxylic acid groups (broad SMARTS) is 1. The lowest BCUT2D eigenvalue weighted by molar-refractivity contribution is -0.137. The van der Waals surface area contributed by atoms with Crippen LogP contribution in [0.2, 0.25) is 0 Å². The van der Waals surface area contributed by atoms with Gasteiger partial charge in [0, 0.05) is 33.2 Å². The number of likely N-dealkylation sites (N-methyl/N-ethyl adjacent to an activating group) is 1. The first-order valence-corrected chi connectivity index (χ1v) is 7.88. The van der Waals surface area contributed by atoms with E-state index >= 15 is 0 Å². The Morgan fingerprint density at radius 2 is 1.95 bits per heavy atom. The average Bonchev–Trinajstić information content (AvgIpc) is 3.25. The molecule has 0 spiro atoms. The summed E-state index contributed by atoms with van der Waals surface area (Å²) < 4.78 is 5.50. The van der Waals surface area contributed by atoms with E-state index in [0.29, 0.717) is 26.1 Å². The number of nitrogens with one attached hydrogen (secondary N) is 1. The molecule has 0 radical (unpaired) electrons. The van der Waals surface area contributed by atoms with Crippen molar-refractivity contribution in [2.24, 2.45) is 5.92 Å². The highest BCUT2D eigenvalue weighted by molar-refractivity contribution is 5.73. The maximum Gasteiger partial charge on any atom is 0.317 e. The van der Waals surface area contributed by atoms with Crippen LogP contribution >= 0.6 is 0 Å². The molecule has 6 nitrogen and oxygen atoms in total.